The van der Waals surface area contributed by atoms with E-state index in [4.69, 9.17) is 0 Å². The van der Waals surface area contributed by atoms with Crippen LogP contribution in [0.1, 0.15) is 46.4 Å². The van der Waals surface area contributed by atoms with Crippen molar-refractivity contribution in [1.29, 1.82) is 0 Å². The van der Waals surface area contributed by atoms with Crippen LogP contribution in [-0.2, 0) is 0 Å². The van der Waals surface area contributed by atoms with Crippen LogP contribution < -0.4 is 10.6 Å². The van der Waals surface area contributed by atoms with Crippen LogP contribution in [0.2, 0.25) is 0 Å². The van der Waals surface area contributed by atoms with Gasteiger partial charge in [0.2, 0.25) is 0 Å². The van der Waals surface area contributed by atoms with Crippen LogP contribution >= 0.6 is 0 Å². The number of hydrogen-bond acceptors (Lipinski definition) is 2. The molecule has 1 saturated carbocycles. The van der Waals surface area contributed by atoms with Gasteiger partial charge >= 0.3 is 0 Å². The summed E-state index contributed by atoms with van der Waals surface area (Å²) in [7, 11) is 0. The molecule has 1 fully saturated rings. The first-order valence-corrected chi connectivity index (χ1v) is 9.39. The number of carbonyl (C=O) groups is 2. The van der Waals surface area contributed by atoms with E-state index >= 15 is 0 Å². The van der Waals surface area contributed by atoms with Crippen LogP contribution in [0.4, 0.5) is 0 Å². The summed E-state index contributed by atoms with van der Waals surface area (Å²) in [5.41, 5.74) is 1.41. The van der Waals surface area contributed by atoms with Gasteiger partial charge in [0.1, 0.15) is 0 Å². The standard InChI is InChI=1S/C22H26N2O2/c25-21(19-10-3-1-4-11-19)23-15-17-8-7-9-18(14-17)16-24-22(26)20-12-5-2-6-13-20/h1-6,10-13,17-18H,7-9,14-16H2,(H,23,25)(H,24,26)/t17-,18-/m1/s1. The monoisotopic (exact) mass is 350 g/mol. The molecule has 3 rings (SSSR count). The minimum absolute atomic E-state index is 0.00916. The molecular weight excluding hydrogens is 324 g/mol. The zero-order valence-corrected chi connectivity index (χ0v) is 15.0. The highest BCUT2D eigenvalue weighted by Gasteiger charge is 2.23. The second kappa shape index (κ2) is 9.18. The van der Waals surface area contributed by atoms with Crippen molar-refractivity contribution in [2.45, 2.75) is 25.7 Å². The van der Waals surface area contributed by atoms with Crippen molar-refractivity contribution < 1.29 is 9.59 Å². The van der Waals surface area contributed by atoms with Gasteiger partial charge in [0.15, 0.2) is 0 Å². The van der Waals surface area contributed by atoms with Crippen LogP contribution in [0.5, 0.6) is 0 Å². The Morgan fingerprint density at radius 1 is 0.731 bits per heavy atom. The first-order valence-electron chi connectivity index (χ1n) is 9.39. The van der Waals surface area contributed by atoms with E-state index in [0.29, 0.717) is 36.1 Å². The Hall–Kier alpha value is -2.62. The minimum atomic E-state index is -0.00916. The Labute approximate surface area is 155 Å². The van der Waals surface area contributed by atoms with E-state index in [-0.39, 0.29) is 11.8 Å². The molecule has 0 radical (unpaired) electrons. The van der Waals surface area contributed by atoms with E-state index in [1.54, 1.807) is 0 Å². The third kappa shape index (κ3) is 5.19. The molecule has 2 aromatic rings. The summed E-state index contributed by atoms with van der Waals surface area (Å²) >= 11 is 0. The van der Waals surface area contributed by atoms with Gasteiger partial charge in [0.05, 0.1) is 0 Å². The Morgan fingerprint density at radius 3 is 1.58 bits per heavy atom. The second-order valence-corrected chi connectivity index (χ2v) is 7.05. The molecule has 0 heterocycles. The maximum Gasteiger partial charge on any atom is 0.251 e. The van der Waals surface area contributed by atoms with E-state index in [1.165, 1.54) is 0 Å². The Balaban J connectivity index is 1.42. The normalized spacial score (nSPS) is 19.5. The van der Waals surface area contributed by atoms with Crippen LogP contribution in [0, 0.1) is 11.8 Å². The Bertz CT molecular complexity index is 654. The third-order valence-corrected chi connectivity index (χ3v) is 5.07. The smallest absolute Gasteiger partial charge is 0.251 e. The predicted molar refractivity (Wildman–Crippen MR) is 103 cm³/mol. The zero-order chi connectivity index (χ0) is 18.2. The van der Waals surface area contributed by atoms with Crippen LogP contribution in [0.3, 0.4) is 0 Å². The fourth-order valence-corrected chi connectivity index (χ4v) is 3.63. The molecule has 136 valence electrons. The predicted octanol–water partition coefficient (Wildman–Crippen LogP) is 3.65. The fourth-order valence-electron chi connectivity index (χ4n) is 3.63. The summed E-state index contributed by atoms with van der Waals surface area (Å²) < 4.78 is 0. The summed E-state index contributed by atoms with van der Waals surface area (Å²) in [4.78, 5) is 24.3. The quantitative estimate of drug-likeness (QED) is 0.835. The summed E-state index contributed by atoms with van der Waals surface area (Å²) in [5, 5.41) is 6.11. The lowest BCUT2D eigenvalue weighted by atomic mass is 9.81. The van der Waals surface area contributed by atoms with Crippen molar-refractivity contribution in [3.8, 4) is 0 Å². The average molecular weight is 350 g/mol. The molecule has 2 amide bonds. The number of benzene rings is 2. The van der Waals surface area contributed by atoms with Gasteiger partial charge in [-0.3, -0.25) is 9.59 Å². The SMILES string of the molecule is O=C(NC[C@@H]1CCC[C@@H](CNC(=O)c2ccccc2)C1)c1ccccc1. The lowest BCUT2D eigenvalue weighted by Gasteiger charge is -2.29. The molecule has 0 aliphatic heterocycles. The van der Waals surface area contributed by atoms with Crippen LogP contribution in [-0.4, -0.2) is 24.9 Å². The molecule has 0 bridgehead atoms. The fraction of sp³-hybridized carbons (Fsp3) is 0.364. The van der Waals surface area contributed by atoms with Crippen molar-refractivity contribution in [3.63, 3.8) is 0 Å². The highest BCUT2D eigenvalue weighted by atomic mass is 16.2. The largest absolute Gasteiger partial charge is 0.352 e. The first-order chi connectivity index (χ1) is 12.7. The first kappa shape index (κ1) is 18.2. The lowest BCUT2D eigenvalue weighted by Crippen LogP contribution is -2.35. The second-order valence-electron chi connectivity index (χ2n) is 7.05. The Kier molecular flexibility index (Phi) is 6.42. The topological polar surface area (TPSA) is 58.2 Å². The molecule has 0 aromatic heterocycles. The molecule has 2 atom stereocenters. The average Bonchev–Trinajstić information content (AvgIpc) is 2.72. The van der Waals surface area contributed by atoms with Crippen LogP contribution in [0.25, 0.3) is 0 Å². The molecule has 2 aromatic carbocycles. The van der Waals surface area contributed by atoms with Gasteiger partial charge in [0, 0.05) is 24.2 Å². The van der Waals surface area contributed by atoms with Crippen LogP contribution in [0.15, 0.2) is 60.7 Å². The van der Waals surface area contributed by atoms with Gasteiger partial charge in [-0.05, 0) is 55.4 Å². The highest BCUT2D eigenvalue weighted by Crippen LogP contribution is 2.28. The molecule has 0 unspecified atom stereocenters. The molecule has 4 nitrogen and oxygen atoms in total. The molecule has 1 aliphatic rings. The molecule has 1 aliphatic carbocycles. The Morgan fingerprint density at radius 2 is 1.15 bits per heavy atom. The van der Waals surface area contributed by atoms with E-state index in [0.717, 1.165) is 25.7 Å². The molecular formula is C22H26N2O2. The number of amides is 2. The third-order valence-electron chi connectivity index (χ3n) is 5.07. The number of nitrogens with one attached hydrogen (secondary N) is 2. The van der Waals surface area contributed by atoms with Crippen molar-refractivity contribution in [3.05, 3.63) is 71.8 Å². The van der Waals surface area contributed by atoms with Crippen molar-refractivity contribution >= 4 is 11.8 Å². The van der Waals surface area contributed by atoms with Gasteiger partial charge in [-0.1, -0.05) is 42.8 Å². The summed E-state index contributed by atoms with van der Waals surface area (Å²) in [6.45, 7) is 1.41. The van der Waals surface area contributed by atoms with E-state index in [1.807, 2.05) is 60.7 Å². The van der Waals surface area contributed by atoms with E-state index in [2.05, 4.69) is 10.6 Å². The summed E-state index contributed by atoms with van der Waals surface area (Å²) in [6.07, 6.45) is 4.47. The van der Waals surface area contributed by atoms with Gasteiger partial charge in [-0.15, -0.1) is 0 Å². The maximum atomic E-state index is 12.2. The maximum absolute atomic E-state index is 12.2. The minimum Gasteiger partial charge on any atom is -0.352 e. The highest BCUT2D eigenvalue weighted by molar-refractivity contribution is 5.94. The molecule has 26 heavy (non-hydrogen) atoms. The number of hydrogen-bond donors (Lipinski definition) is 2. The number of carbonyl (C=O) groups excluding carboxylic acids is 2. The molecule has 2 N–H and O–H groups in total. The van der Waals surface area contributed by atoms with E-state index in [9.17, 15) is 9.59 Å². The van der Waals surface area contributed by atoms with E-state index < -0.39 is 0 Å². The van der Waals surface area contributed by atoms with Crippen molar-refractivity contribution in [2.24, 2.45) is 11.8 Å². The van der Waals surface area contributed by atoms with Gasteiger partial charge < -0.3 is 10.6 Å². The van der Waals surface area contributed by atoms with Crippen molar-refractivity contribution in [1.82, 2.24) is 10.6 Å². The lowest BCUT2D eigenvalue weighted by molar-refractivity contribution is 0.0935. The molecule has 4 heteroatoms. The van der Waals surface area contributed by atoms with Gasteiger partial charge in [-0.25, -0.2) is 0 Å². The van der Waals surface area contributed by atoms with Gasteiger partial charge in [0.25, 0.3) is 11.8 Å². The number of rotatable bonds is 6. The molecule has 0 saturated heterocycles. The summed E-state index contributed by atoms with van der Waals surface area (Å²) in [5.74, 6) is 0.945. The summed E-state index contributed by atoms with van der Waals surface area (Å²) in [6, 6.07) is 18.6. The zero-order valence-electron chi connectivity index (χ0n) is 15.0. The van der Waals surface area contributed by atoms with Gasteiger partial charge in [-0.2, -0.15) is 0 Å². The molecule has 0 spiro atoms. The van der Waals surface area contributed by atoms with Crippen molar-refractivity contribution in [2.75, 3.05) is 13.1 Å².